The van der Waals surface area contributed by atoms with Crippen molar-refractivity contribution in [2.75, 3.05) is 0 Å². The lowest BCUT2D eigenvalue weighted by Gasteiger charge is -2.12. The molecule has 0 aliphatic carbocycles. The van der Waals surface area contributed by atoms with Crippen molar-refractivity contribution in [2.24, 2.45) is 0 Å². The van der Waals surface area contributed by atoms with Gasteiger partial charge in [-0.3, -0.25) is 0 Å². The monoisotopic (exact) mass is 599 g/mol. The molecule has 2 heteroatoms. The maximum atomic E-state index is 6.06. The van der Waals surface area contributed by atoms with Crippen LogP contribution in [0.5, 0.6) is 0 Å². The Balaban J connectivity index is 1.08. The van der Waals surface area contributed by atoms with Crippen LogP contribution in [-0.4, -0.2) is 4.98 Å². The summed E-state index contributed by atoms with van der Waals surface area (Å²) in [5.41, 5.74) is 13.1. The van der Waals surface area contributed by atoms with E-state index in [4.69, 9.17) is 9.40 Å². The highest BCUT2D eigenvalue weighted by Gasteiger charge is 2.12. The molecule has 0 amide bonds. The summed E-state index contributed by atoms with van der Waals surface area (Å²) in [7, 11) is 0. The zero-order valence-corrected chi connectivity index (χ0v) is 25.6. The summed E-state index contributed by atoms with van der Waals surface area (Å²) in [6.45, 7) is 0. The number of para-hydroxylation sites is 1. The van der Waals surface area contributed by atoms with Gasteiger partial charge < -0.3 is 4.42 Å². The normalized spacial score (nSPS) is 11.4. The Labute approximate surface area is 273 Å². The van der Waals surface area contributed by atoms with Crippen molar-refractivity contribution < 1.29 is 4.42 Å². The molecule has 0 unspecified atom stereocenters. The number of furan rings is 1. The van der Waals surface area contributed by atoms with Gasteiger partial charge in [0, 0.05) is 21.9 Å². The van der Waals surface area contributed by atoms with Gasteiger partial charge in [-0.1, -0.05) is 127 Å². The minimum atomic E-state index is 0.916. The SMILES string of the molecule is c1ccc(-c2cc(-c3ccc4cc(-c5cccc(-c6ccc7oc8ccccc8c7c6)c5)ccc4c3)cc(-c3ccccc3)n2)cc1. The Morgan fingerprint density at radius 3 is 1.45 bits per heavy atom. The van der Waals surface area contributed by atoms with E-state index < -0.39 is 0 Å². The van der Waals surface area contributed by atoms with E-state index in [0.717, 1.165) is 50.0 Å². The molecule has 47 heavy (non-hydrogen) atoms. The molecular formula is C45H29NO. The van der Waals surface area contributed by atoms with Crippen LogP contribution < -0.4 is 0 Å². The first-order valence-corrected chi connectivity index (χ1v) is 15.9. The average molecular weight is 600 g/mol. The van der Waals surface area contributed by atoms with E-state index in [2.05, 4.69) is 152 Å². The van der Waals surface area contributed by atoms with E-state index in [1.54, 1.807) is 0 Å². The Bertz CT molecular complexity index is 2510. The molecule has 220 valence electrons. The average Bonchev–Trinajstić information content (AvgIpc) is 3.53. The second-order valence-electron chi connectivity index (χ2n) is 12.0. The minimum absolute atomic E-state index is 0.916. The van der Waals surface area contributed by atoms with Crippen LogP contribution in [0.1, 0.15) is 0 Å². The third kappa shape index (κ3) is 5.07. The summed E-state index contributed by atoms with van der Waals surface area (Å²) in [4.78, 5) is 5.06. The second-order valence-corrected chi connectivity index (χ2v) is 12.0. The van der Waals surface area contributed by atoms with Gasteiger partial charge in [0.15, 0.2) is 0 Å². The molecule has 2 heterocycles. The highest BCUT2D eigenvalue weighted by Crippen LogP contribution is 2.36. The van der Waals surface area contributed by atoms with E-state index in [0.29, 0.717) is 0 Å². The van der Waals surface area contributed by atoms with Crippen molar-refractivity contribution in [1.29, 1.82) is 0 Å². The molecule has 0 N–H and O–H groups in total. The third-order valence-electron chi connectivity index (χ3n) is 9.04. The largest absolute Gasteiger partial charge is 0.456 e. The molecule has 0 fully saturated rings. The van der Waals surface area contributed by atoms with Gasteiger partial charge in [-0.05, 0) is 92.7 Å². The van der Waals surface area contributed by atoms with Gasteiger partial charge in [0.1, 0.15) is 11.2 Å². The smallest absolute Gasteiger partial charge is 0.135 e. The van der Waals surface area contributed by atoms with Gasteiger partial charge in [0.05, 0.1) is 11.4 Å². The number of nitrogens with zero attached hydrogens (tertiary/aromatic N) is 1. The zero-order chi connectivity index (χ0) is 31.2. The Morgan fingerprint density at radius 1 is 0.298 bits per heavy atom. The topological polar surface area (TPSA) is 26.0 Å². The molecular weight excluding hydrogens is 571 g/mol. The Hall–Kier alpha value is -6.25. The van der Waals surface area contributed by atoms with Crippen LogP contribution in [0, 0.1) is 0 Å². The molecule has 0 aliphatic heterocycles. The number of rotatable bonds is 5. The number of hydrogen-bond acceptors (Lipinski definition) is 2. The fourth-order valence-electron chi connectivity index (χ4n) is 6.60. The van der Waals surface area contributed by atoms with Crippen molar-refractivity contribution in [3.63, 3.8) is 0 Å². The molecule has 9 rings (SSSR count). The van der Waals surface area contributed by atoms with Gasteiger partial charge in [-0.2, -0.15) is 0 Å². The van der Waals surface area contributed by atoms with Crippen LogP contribution in [0.4, 0.5) is 0 Å². The van der Waals surface area contributed by atoms with Crippen LogP contribution in [0.2, 0.25) is 0 Å². The van der Waals surface area contributed by atoms with Crippen molar-refractivity contribution in [3.05, 3.63) is 176 Å². The fraction of sp³-hybridized carbons (Fsp3) is 0. The van der Waals surface area contributed by atoms with Gasteiger partial charge in [-0.25, -0.2) is 4.98 Å². The van der Waals surface area contributed by atoms with Crippen LogP contribution in [0.3, 0.4) is 0 Å². The molecule has 9 aromatic rings. The Kier molecular flexibility index (Phi) is 6.50. The Morgan fingerprint density at radius 2 is 0.787 bits per heavy atom. The maximum absolute atomic E-state index is 6.06. The second kappa shape index (κ2) is 11.3. The molecule has 0 atom stereocenters. The molecule has 2 nitrogen and oxygen atoms in total. The third-order valence-corrected chi connectivity index (χ3v) is 9.04. The van der Waals surface area contributed by atoms with E-state index in [1.165, 1.54) is 38.6 Å². The molecule has 2 aromatic heterocycles. The van der Waals surface area contributed by atoms with Gasteiger partial charge in [0.25, 0.3) is 0 Å². The molecule has 7 aromatic carbocycles. The van der Waals surface area contributed by atoms with Crippen molar-refractivity contribution in [3.8, 4) is 55.9 Å². The molecule has 0 radical (unpaired) electrons. The van der Waals surface area contributed by atoms with E-state index in [9.17, 15) is 0 Å². The van der Waals surface area contributed by atoms with E-state index in [1.807, 2.05) is 24.3 Å². The zero-order valence-electron chi connectivity index (χ0n) is 25.6. The van der Waals surface area contributed by atoms with Crippen LogP contribution in [0.25, 0.3) is 88.6 Å². The van der Waals surface area contributed by atoms with Gasteiger partial charge in [-0.15, -0.1) is 0 Å². The highest BCUT2D eigenvalue weighted by molar-refractivity contribution is 6.06. The van der Waals surface area contributed by atoms with Crippen LogP contribution in [0.15, 0.2) is 180 Å². The number of fused-ring (bicyclic) bond motifs is 4. The summed E-state index contributed by atoms with van der Waals surface area (Å²) in [5, 5.41) is 4.71. The summed E-state index contributed by atoms with van der Waals surface area (Å²) in [6, 6.07) is 62.3. The number of benzene rings is 7. The van der Waals surface area contributed by atoms with Crippen molar-refractivity contribution in [2.45, 2.75) is 0 Å². The fourth-order valence-corrected chi connectivity index (χ4v) is 6.60. The first-order chi connectivity index (χ1) is 23.2. The van der Waals surface area contributed by atoms with Crippen LogP contribution >= 0.6 is 0 Å². The lowest BCUT2D eigenvalue weighted by Crippen LogP contribution is -1.91. The predicted molar refractivity (Wildman–Crippen MR) is 196 cm³/mol. The summed E-state index contributed by atoms with van der Waals surface area (Å²) >= 11 is 0. The minimum Gasteiger partial charge on any atom is -0.456 e. The number of aromatic nitrogens is 1. The first kappa shape index (κ1) is 27.1. The quantitative estimate of drug-likeness (QED) is 0.197. The van der Waals surface area contributed by atoms with E-state index in [-0.39, 0.29) is 0 Å². The highest BCUT2D eigenvalue weighted by atomic mass is 16.3. The summed E-state index contributed by atoms with van der Waals surface area (Å²) < 4.78 is 6.06. The molecule has 0 spiro atoms. The standard InChI is InChI=1S/C45H29NO/c1-3-10-30(11-4-1)42-28-39(29-43(46-42)31-12-5-2-6-13-31)37-21-20-35-25-34(18-19-36(35)26-37)32-14-9-15-33(24-32)38-22-23-45-41(27-38)40-16-7-8-17-44(40)47-45/h1-29H. The predicted octanol–water partition coefficient (Wildman–Crippen LogP) is 12.5. The van der Waals surface area contributed by atoms with Crippen LogP contribution in [-0.2, 0) is 0 Å². The van der Waals surface area contributed by atoms with E-state index >= 15 is 0 Å². The molecule has 0 aliphatic rings. The van der Waals surface area contributed by atoms with Crippen molar-refractivity contribution >= 4 is 32.7 Å². The first-order valence-electron chi connectivity index (χ1n) is 15.9. The van der Waals surface area contributed by atoms with Gasteiger partial charge >= 0.3 is 0 Å². The van der Waals surface area contributed by atoms with Gasteiger partial charge in [0.2, 0.25) is 0 Å². The molecule has 0 saturated heterocycles. The summed E-state index contributed by atoms with van der Waals surface area (Å²) in [6.07, 6.45) is 0. The lowest BCUT2D eigenvalue weighted by molar-refractivity contribution is 0.669. The molecule has 0 bridgehead atoms. The lowest BCUT2D eigenvalue weighted by atomic mass is 9.95. The van der Waals surface area contributed by atoms with Crippen molar-refractivity contribution in [1.82, 2.24) is 4.98 Å². The molecule has 0 saturated carbocycles. The summed E-state index contributed by atoms with van der Waals surface area (Å²) in [5.74, 6) is 0. The maximum Gasteiger partial charge on any atom is 0.135 e. The number of pyridine rings is 1. The number of hydrogen-bond donors (Lipinski definition) is 0.